The van der Waals surface area contributed by atoms with Gasteiger partial charge in [-0.25, -0.2) is 0 Å². The van der Waals surface area contributed by atoms with E-state index in [9.17, 15) is 9.59 Å². The number of nitrogens with zero attached hydrogens (tertiary/aromatic N) is 1. The van der Waals surface area contributed by atoms with Crippen LogP contribution < -0.4 is 0 Å². The normalized spacial score (nSPS) is 16.3. The van der Waals surface area contributed by atoms with Crippen LogP contribution in [0.5, 0.6) is 0 Å². The molecule has 1 aromatic carbocycles. The van der Waals surface area contributed by atoms with Crippen molar-refractivity contribution in [3.63, 3.8) is 0 Å². The lowest BCUT2D eigenvalue weighted by atomic mass is 10.1. The smallest absolute Gasteiger partial charge is 0.266 e. The Balaban J connectivity index is 1.83. The average molecular weight is 371 g/mol. The Labute approximate surface area is 155 Å². The van der Waals surface area contributed by atoms with Gasteiger partial charge in [0.1, 0.15) is 15.8 Å². The van der Waals surface area contributed by atoms with Gasteiger partial charge in [0.05, 0.1) is 4.91 Å². The highest BCUT2D eigenvalue weighted by Gasteiger charge is 2.33. The summed E-state index contributed by atoms with van der Waals surface area (Å²) in [6.45, 7) is 5.40. The molecule has 0 unspecified atom stereocenters. The summed E-state index contributed by atoms with van der Waals surface area (Å²) in [5, 5.41) is 0. The van der Waals surface area contributed by atoms with Crippen LogP contribution in [0.2, 0.25) is 0 Å². The topological polar surface area (TPSA) is 50.5 Å². The van der Waals surface area contributed by atoms with E-state index >= 15 is 0 Å². The molecular formula is C19H17NO3S2. The van der Waals surface area contributed by atoms with E-state index in [-0.39, 0.29) is 17.7 Å². The summed E-state index contributed by atoms with van der Waals surface area (Å²) in [7, 11) is 0. The van der Waals surface area contributed by atoms with Crippen LogP contribution in [0.1, 0.15) is 36.9 Å². The molecule has 0 spiro atoms. The van der Waals surface area contributed by atoms with Crippen molar-refractivity contribution in [2.75, 3.05) is 0 Å². The third-order valence-electron chi connectivity index (χ3n) is 3.82. The lowest BCUT2D eigenvalue weighted by Crippen LogP contribution is -2.34. The first-order valence-corrected chi connectivity index (χ1v) is 9.07. The van der Waals surface area contributed by atoms with Gasteiger partial charge in [0.15, 0.2) is 5.78 Å². The molecule has 0 aliphatic carbocycles. The number of thioether (sulfide) groups is 1. The van der Waals surface area contributed by atoms with Gasteiger partial charge in [-0.2, -0.15) is 0 Å². The summed E-state index contributed by atoms with van der Waals surface area (Å²) in [5.41, 5.74) is 1.53. The van der Waals surface area contributed by atoms with E-state index in [0.717, 1.165) is 5.56 Å². The van der Waals surface area contributed by atoms with Crippen LogP contribution in [0.25, 0.3) is 17.4 Å². The summed E-state index contributed by atoms with van der Waals surface area (Å²) >= 11 is 6.56. The van der Waals surface area contributed by atoms with Crippen molar-refractivity contribution in [2.24, 2.45) is 0 Å². The second-order valence-electron chi connectivity index (χ2n) is 5.98. The number of Topliss-reactive ketones (excluding diaryl/α,β-unsaturated/α-hetero) is 1. The molecule has 1 aromatic heterocycles. The number of carbonyl (C=O) groups is 2. The quantitative estimate of drug-likeness (QED) is 0.441. The molecule has 0 radical (unpaired) electrons. The van der Waals surface area contributed by atoms with Crippen molar-refractivity contribution < 1.29 is 14.0 Å². The minimum Gasteiger partial charge on any atom is -0.457 e. The molecule has 128 valence electrons. The predicted molar refractivity (Wildman–Crippen MR) is 104 cm³/mol. The van der Waals surface area contributed by atoms with Crippen LogP contribution in [0.15, 0.2) is 45.7 Å². The molecule has 1 fully saturated rings. The molecule has 6 heteroatoms. The fourth-order valence-electron chi connectivity index (χ4n) is 2.51. The highest BCUT2D eigenvalue weighted by Crippen LogP contribution is 2.34. The molecular weight excluding hydrogens is 354 g/mol. The zero-order chi connectivity index (χ0) is 18.1. The Hall–Kier alpha value is -2.18. The maximum absolute atomic E-state index is 12.4. The summed E-state index contributed by atoms with van der Waals surface area (Å²) in [5.74, 6) is 1.21. The lowest BCUT2D eigenvalue weighted by molar-refractivity contribution is -0.123. The Bertz CT molecular complexity index is 878. The molecule has 1 aliphatic heterocycles. The van der Waals surface area contributed by atoms with E-state index in [1.807, 2.05) is 38.1 Å². The average Bonchev–Trinajstić information content (AvgIpc) is 3.12. The van der Waals surface area contributed by atoms with E-state index in [4.69, 9.17) is 16.6 Å². The fourth-order valence-corrected chi connectivity index (χ4v) is 4.01. The van der Waals surface area contributed by atoms with Crippen molar-refractivity contribution in [2.45, 2.75) is 26.8 Å². The molecule has 0 saturated carbocycles. The first-order chi connectivity index (χ1) is 11.9. The van der Waals surface area contributed by atoms with Gasteiger partial charge in [-0.15, -0.1) is 0 Å². The zero-order valence-corrected chi connectivity index (χ0v) is 15.7. The Morgan fingerprint density at radius 1 is 1.20 bits per heavy atom. The molecule has 3 rings (SSSR count). The van der Waals surface area contributed by atoms with Crippen molar-refractivity contribution in [3.05, 3.63) is 52.6 Å². The summed E-state index contributed by atoms with van der Waals surface area (Å²) in [4.78, 5) is 25.9. The minimum absolute atomic E-state index is 0.0267. The van der Waals surface area contributed by atoms with Gasteiger partial charge < -0.3 is 4.42 Å². The number of thiocarbonyl (C=S) groups is 1. The third-order valence-corrected chi connectivity index (χ3v) is 5.15. The first kappa shape index (κ1) is 17.6. The number of furan rings is 1. The highest BCUT2D eigenvalue weighted by molar-refractivity contribution is 8.26. The Morgan fingerprint density at radius 3 is 2.44 bits per heavy atom. The van der Waals surface area contributed by atoms with E-state index in [0.29, 0.717) is 26.3 Å². The maximum Gasteiger partial charge on any atom is 0.266 e. The Morgan fingerprint density at radius 2 is 1.88 bits per heavy atom. The van der Waals surface area contributed by atoms with Crippen LogP contribution in [0, 0.1) is 0 Å². The summed E-state index contributed by atoms with van der Waals surface area (Å²) in [6, 6.07) is 10.9. The molecule has 0 bridgehead atoms. The van der Waals surface area contributed by atoms with E-state index in [1.54, 1.807) is 23.1 Å². The van der Waals surface area contributed by atoms with Gasteiger partial charge in [0, 0.05) is 23.2 Å². The zero-order valence-electron chi connectivity index (χ0n) is 14.1. The monoisotopic (exact) mass is 371 g/mol. The second kappa shape index (κ2) is 6.98. The molecule has 1 aliphatic rings. The van der Waals surface area contributed by atoms with Gasteiger partial charge in [-0.3, -0.25) is 14.5 Å². The number of carbonyl (C=O) groups excluding carboxylic acids is 2. The largest absolute Gasteiger partial charge is 0.457 e. The van der Waals surface area contributed by atoms with E-state index < -0.39 is 0 Å². The second-order valence-corrected chi connectivity index (χ2v) is 7.66. The number of benzene rings is 1. The van der Waals surface area contributed by atoms with Crippen LogP contribution in [0.3, 0.4) is 0 Å². The van der Waals surface area contributed by atoms with Gasteiger partial charge in [-0.05, 0) is 32.9 Å². The standard InChI is InChI=1S/C19H17NO3S2/c1-11(2)20-18(22)17(25-19(20)24)10-15-8-9-16(23-15)14-6-4-13(5-7-14)12(3)21/h4-11H,1-3H3/b17-10-. The van der Waals surface area contributed by atoms with Gasteiger partial charge in [0.25, 0.3) is 5.91 Å². The minimum atomic E-state index is -0.0891. The molecule has 25 heavy (non-hydrogen) atoms. The van der Waals surface area contributed by atoms with Crippen molar-refractivity contribution in [1.82, 2.24) is 4.90 Å². The summed E-state index contributed by atoms with van der Waals surface area (Å²) in [6.07, 6.45) is 1.72. The number of hydrogen-bond acceptors (Lipinski definition) is 5. The van der Waals surface area contributed by atoms with Crippen LogP contribution in [0.4, 0.5) is 0 Å². The van der Waals surface area contributed by atoms with Gasteiger partial charge >= 0.3 is 0 Å². The van der Waals surface area contributed by atoms with Crippen LogP contribution in [-0.2, 0) is 4.79 Å². The van der Waals surface area contributed by atoms with Gasteiger partial charge in [-0.1, -0.05) is 48.2 Å². The van der Waals surface area contributed by atoms with Crippen molar-refractivity contribution in [1.29, 1.82) is 0 Å². The number of ketones is 1. The van der Waals surface area contributed by atoms with Gasteiger partial charge in [0.2, 0.25) is 0 Å². The first-order valence-electron chi connectivity index (χ1n) is 7.85. The molecule has 1 saturated heterocycles. The molecule has 2 aromatic rings. The van der Waals surface area contributed by atoms with Crippen molar-refractivity contribution in [3.8, 4) is 11.3 Å². The molecule has 0 atom stereocenters. The molecule has 1 amide bonds. The molecule has 4 nitrogen and oxygen atoms in total. The third kappa shape index (κ3) is 3.60. The fraction of sp³-hybridized carbons (Fsp3) is 0.211. The molecule has 2 heterocycles. The lowest BCUT2D eigenvalue weighted by Gasteiger charge is -2.18. The van der Waals surface area contributed by atoms with Crippen molar-refractivity contribution >= 4 is 46.1 Å². The SMILES string of the molecule is CC(=O)c1ccc(-c2ccc(/C=C3\SC(=S)N(C(C)C)C3=O)o2)cc1. The number of amides is 1. The van der Waals surface area contributed by atoms with Crippen LogP contribution in [-0.4, -0.2) is 27.0 Å². The molecule has 0 N–H and O–H groups in total. The number of hydrogen-bond donors (Lipinski definition) is 0. The van der Waals surface area contributed by atoms with E-state index in [1.165, 1.54) is 18.7 Å². The Kier molecular flexibility index (Phi) is 4.92. The predicted octanol–water partition coefficient (Wildman–Crippen LogP) is 4.76. The summed E-state index contributed by atoms with van der Waals surface area (Å²) < 4.78 is 6.39. The highest BCUT2D eigenvalue weighted by atomic mass is 32.2. The van der Waals surface area contributed by atoms with E-state index in [2.05, 4.69) is 0 Å². The maximum atomic E-state index is 12.4. The number of rotatable bonds is 4. The van der Waals surface area contributed by atoms with Crippen LogP contribution >= 0.6 is 24.0 Å².